The molecule has 0 bridgehead atoms. The lowest BCUT2D eigenvalue weighted by molar-refractivity contribution is 0.140. The monoisotopic (exact) mass is 235 g/mol. The van der Waals surface area contributed by atoms with Crippen molar-refractivity contribution in [2.45, 2.75) is 13.5 Å². The molecule has 5 heteroatoms. The summed E-state index contributed by atoms with van der Waals surface area (Å²) in [4.78, 5) is 4.32. The van der Waals surface area contributed by atoms with Gasteiger partial charge in [0.2, 0.25) is 5.95 Å². The first-order chi connectivity index (χ1) is 8.27. The van der Waals surface area contributed by atoms with Crippen LogP contribution in [0.2, 0.25) is 0 Å². The van der Waals surface area contributed by atoms with E-state index in [0.717, 1.165) is 16.8 Å². The summed E-state index contributed by atoms with van der Waals surface area (Å²) >= 11 is 0. The van der Waals surface area contributed by atoms with Crippen LogP contribution < -0.4 is 10.5 Å². The molecule has 0 amide bonds. The SMILES string of the molecule is CCOCCn1c(N)nc2c(OC)cccc21. The summed E-state index contributed by atoms with van der Waals surface area (Å²) in [5.74, 6) is 1.23. The molecule has 0 saturated carbocycles. The maximum atomic E-state index is 5.90. The maximum absolute atomic E-state index is 5.90. The minimum Gasteiger partial charge on any atom is -0.494 e. The zero-order chi connectivity index (χ0) is 12.3. The third kappa shape index (κ3) is 2.19. The molecule has 0 spiro atoms. The fourth-order valence-electron chi connectivity index (χ4n) is 1.84. The van der Waals surface area contributed by atoms with E-state index in [0.29, 0.717) is 25.7 Å². The summed E-state index contributed by atoms with van der Waals surface area (Å²) in [7, 11) is 1.63. The molecule has 0 fully saturated rings. The number of methoxy groups -OCH3 is 1. The number of hydrogen-bond donors (Lipinski definition) is 1. The van der Waals surface area contributed by atoms with Crippen molar-refractivity contribution < 1.29 is 9.47 Å². The Morgan fingerprint density at radius 2 is 2.24 bits per heavy atom. The Hall–Kier alpha value is -1.75. The zero-order valence-electron chi connectivity index (χ0n) is 10.1. The van der Waals surface area contributed by atoms with Gasteiger partial charge in [-0.3, -0.25) is 0 Å². The predicted octanol–water partition coefficient (Wildman–Crippen LogP) is 1.66. The van der Waals surface area contributed by atoms with Crippen molar-refractivity contribution in [1.29, 1.82) is 0 Å². The first-order valence-electron chi connectivity index (χ1n) is 5.64. The van der Waals surface area contributed by atoms with Gasteiger partial charge in [0.05, 0.1) is 19.2 Å². The smallest absolute Gasteiger partial charge is 0.201 e. The van der Waals surface area contributed by atoms with Crippen LogP contribution in [-0.4, -0.2) is 29.9 Å². The lowest BCUT2D eigenvalue weighted by atomic mass is 10.3. The highest BCUT2D eigenvalue weighted by Gasteiger charge is 2.11. The number of imidazole rings is 1. The summed E-state index contributed by atoms with van der Waals surface area (Å²) in [5.41, 5.74) is 7.67. The summed E-state index contributed by atoms with van der Waals surface area (Å²) < 4.78 is 12.5. The van der Waals surface area contributed by atoms with Gasteiger partial charge in [0.1, 0.15) is 11.3 Å². The van der Waals surface area contributed by atoms with Gasteiger partial charge in [0.25, 0.3) is 0 Å². The Labute approximate surface area is 100 Å². The minimum absolute atomic E-state index is 0.490. The quantitative estimate of drug-likeness (QED) is 0.801. The van der Waals surface area contributed by atoms with Crippen molar-refractivity contribution in [3.05, 3.63) is 18.2 Å². The summed E-state index contributed by atoms with van der Waals surface area (Å²) in [5, 5.41) is 0. The van der Waals surface area contributed by atoms with Crippen LogP contribution in [0.5, 0.6) is 5.75 Å². The van der Waals surface area contributed by atoms with Crippen LogP contribution in [0.4, 0.5) is 5.95 Å². The van der Waals surface area contributed by atoms with E-state index in [-0.39, 0.29) is 0 Å². The van der Waals surface area contributed by atoms with E-state index in [1.807, 2.05) is 29.7 Å². The minimum atomic E-state index is 0.490. The summed E-state index contributed by atoms with van der Waals surface area (Å²) in [6.45, 7) is 4.00. The van der Waals surface area contributed by atoms with Gasteiger partial charge < -0.3 is 19.8 Å². The molecule has 1 aromatic heterocycles. The molecular weight excluding hydrogens is 218 g/mol. The van der Waals surface area contributed by atoms with Crippen molar-refractivity contribution in [2.75, 3.05) is 26.1 Å². The number of fused-ring (bicyclic) bond motifs is 1. The number of aromatic nitrogens is 2. The Kier molecular flexibility index (Phi) is 3.49. The molecule has 2 aromatic rings. The van der Waals surface area contributed by atoms with Crippen molar-refractivity contribution in [3.8, 4) is 5.75 Å². The molecule has 1 heterocycles. The van der Waals surface area contributed by atoms with Gasteiger partial charge in [0.15, 0.2) is 0 Å². The molecule has 0 aliphatic heterocycles. The topological polar surface area (TPSA) is 62.3 Å². The van der Waals surface area contributed by atoms with Crippen LogP contribution in [-0.2, 0) is 11.3 Å². The average molecular weight is 235 g/mol. The number of nitrogens with two attached hydrogens (primary N) is 1. The largest absolute Gasteiger partial charge is 0.494 e. The fourth-order valence-corrected chi connectivity index (χ4v) is 1.84. The van der Waals surface area contributed by atoms with Gasteiger partial charge in [-0.1, -0.05) is 6.07 Å². The Bertz CT molecular complexity index is 508. The van der Waals surface area contributed by atoms with Crippen LogP contribution in [0.15, 0.2) is 18.2 Å². The number of hydrogen-bond acceptors (Lipinski definition) is 4. The van der Waals surface area contributed by atoms with Crippen molar-refractivity contribution in [2.24, 2.45) is 0 Å². The molecule has 5 nitrogen and oxygen atoms in total. The predicted molar refractivity (Wildman–Crippen MR) is 67.2 cm³/mol. The van der Waals surface area contributed by atoms with Crippen LogP contribution in [0.1, 0.15) is 6.92 Å². The normalized spacial score (nSPS) is 10.9. The van der Waals surface area contributed by atoms with Gasteiger partial charge in [-0.2, -0.15) is 0 Å². The van der Waals surface area contributed by atoms with Gasteiger partial charge in [-0.25, -0.2) is 4.98 Å². The second kappa shape index (κ2) is 5.05. The highest BCUT2D eigenvalue weighted by molar-refractivity contribution is 5.84. The van der Waals surface area contributed by atoms with Crippen LogP contribution in [0.3, 0.4) is 0 Å². The van der Waals surface area contributed by atoms with Crippen molar-refractivity contribution >= 4 is 17.0 Å². The van der Waals surface area contributed by atoms with E-state index in [1.165, 1.54) is 0 Å². The third-order valence-electron chi connectivity index (χ3n) is 2.65. The van der Waals surface area contributed by atoms with Gasteiger partial charge >= 0.3 is 0 Å². The molecule has 0 atom stereocenters. The van der Waals surface area contributed by atoms with E-state index in [2.05, 4.69) is 4.98 Å². The van der Waals surface area contributed by atoms with E-state index < -0.39 is 0 Å². The van der Waals surface area contributed by atoms with Crippen LogP contribution >= 0.6 is 0 Å². The number of nitrogens with zero attached hydrogens (tertiary/aromatic N) is 2. The molecule has 2 N–H and O–H groups in total. The molecule has 0 radical (unpaired) electrons. The number of anilines is 1. The van der Waals surface area contributed by atoms with Crippen LogP contribution in [0, 0.1) is 0 Å². The molecule has 0 saturated heterocycles. The van der Waals surface area contributed by atoms with E-state index >= 15 is 0 Å². The number of nitrogen functional groups attached to an aromatic ring is 1. The second-order valence-electron chi connectivity index (χ2n) is 3.65. The number of para-hydroxylation sites is 1. The molecule has 0 aliphatic carbocycles. The zero-order valence-corrected chi connectivity index (χ0v) is 10.1. The molecular formula is C12H17N3O2. The average Bonchev–Trinajstić information content (AvgIpc) is 2.66. The van der Waals surface area contributed by atoms with Crippen molar-refractivity contribution in [1.82, 2.24) is 9.55 Å². The van der Waals surface area contributed by atoms with Gasteiger partial charge in [-0.15, -0.1) is 0 Å². The van der Waals surface area contributed by atoms with Crippen molar-refractivity contribution in [3.63, 3.8) is 0 Å². The summed E-state index contributed by atoms with van der Waals surface area (Å²) in [6.07, 6.45) is 0. The highest BCUT2D eigenvalue weighted by Crippen LogP contribution is 2.26. The number of benzene rings is 1. The number of ether oxygens (including phenoxy) is 2. The molecule has 2 rings (SSSR count). The van der Waals surface area contributed by atoms with Crippen LogP contribution in [0.25, 0.3) is 11.0 Å². The van der Waals surface area contributed by atoms with Gasteiger partial charge in [0, 0.05) is 13.2 Å². The fraction of sp³-hybridized carbons (Fsp3) is 0.417. The highest BCUT2D eigenvalue weighted by atomic mass is 16.5. The van der Waals surface area contributed by atoms with E-state index in [1.54, 1.807) is 7.11 Å². The third-order valence-corrected chi connectivity index (χ3v) is 2.65. The molecule has 1 aromatic carbocycles. The number of rotatable bonds is 5. The van der Waals surface area contributed by atoms with E-state index in [4.69, 9.17) is 15.2 Å². The molecule has 92 valence electrons. The van der Waals surface area contributed by atoms with Gasteiger partial charge in [-0.05, 0) is 19.1 Å². The second-order valence-corrected chi connectivity index (χ2v) is 3.65. The van der Waals surface area contributed by atoms with E-state index in [9.17, 15) is 0 Å². The lowest BCUT2D eigenvalue weighted by Crippen LogP contribution is -2.08. The molecule has 0 aliphatic rings. The Morgan fingerprint density at radius 1 is 1.41 bits per heavy atom. The first kappa shape index (κ1) is 11.7. The first-order valence-corrected chi connectivity index (χ1v) is 5.64. The standard InChI is InChI=1S/C12H17N3O2/c1-3-17-8-7-15-9-5-4-6-10(16-2)11(9)14-12(15)13/h4-6H,3,7-8H2,1-2H3,(H2,13,14). The molecule has 17 heavy (non-hydrogen) atoms. The molecule has 0 unspecified atom stereocenters. The Morgan fingerprint density at radius 3 is 2.94 bits per heavy atom. The summed E-state index contributed by atoms with van der Waals surface area (Å²) in [6, 6.07) is 5.79. The maximum Gasteiger partial charge on any atom is 0.201 e. The Balaban J connectivity index is 2.38. The lowest BCUT2D eigenvalue weighted by Gasteiger charge is -2.06.